The van der Waals surface area contributed by atoms with Crippen molar-refractivity contribution in [2.75, 3.05) is 37.7 Å². The molecular formula is C15H19N5O3S. The fourth-order valence-electron chi connectivity index (χ4n) is 2.42. The first kappa shape index (κ1) is 16.6. The van der Waals surface area contributed by atoms with Crippen LogP contribution in [0.25, 0.3) is 0 Å². The third-order valence-electron chi connectivity index (χ3n) is 3.71. The van der Waals surface area contributed by atoms with Crippen LogP contribution in [0.3, 0.4) is 0 Å². The van der Waals surface area contributed by atoms with E-state index >= 15 is 0 Å². The van der Waals surface area contributed by atoms with Gasteiger partial charge in [-0.05, 0) is 0 Å². The van der Waals surface area contributed by atoms with Crippen molar-refractivity contribution in [3.63, 3.8) is 0 Å². The quantitative estimate of drug-likeness (QED) is 0.783. The number of nitrogens with zero attached hydrogens (tertiary/aromatic N) is 4. The molecule has 24 heavy (non-hydrogen) atoms. The number of carbonyl (C=O) groups is 1. The summed E-state index contributed by atoms with van der Waals surface area (Å²) in [5.74, 6) is -0.237. The van der Waals surface area contributed by atoms with Gasteiger partial charge in [-0.2, -0.15) is 5.10 Å². The normalized spacial score (nSPS) is 14.6. The molecule has 1 amide bonds. The van der Waals surface area contributed by atoms with Gasteiger partial charge in [0.2, 0.25) is 5.91 Å². The van der Waals surface area contributed by atoms with E-state index in [0.29, 0.717) is 26.2 Å². The van der Waals surface area contributed by atoms with Gasteiger partial charge in [-0.3, -0.25) is 9.59 Å². The summed E-state index contributed by atoms with van der Waals surface area (Å²) in [5.41, 5.74) is 3.19. The third-order valence-corrected chi connectivity index (χ3v) is 4.35. The molecule has 0 aromatic carbocycles. The van der Waals surface area contributed by atoms with Crippen LogP contribution in [0.5, 0.6) is 0 Å². The minimum absolute atomic E-state index is 0.0840. The summed E-state index contributed by atoms with van der Waals surface area (Å²) in [6, 6.07) is 1.51. The molecule has 1 aliphatic heterocycles. The lowest BCUT2D eigenvalue weighted by molar-refractivity contribution is -0.121. The number of amides is 1. The van der Waals surface area contributed by atoms with Gasteiger partial charge in [0.25, 0.3) is 5.56 Å². The smallest absolute Gasteiger partial charge is 0.269 e. The monoisotopic (exact) mass is 349 g/mol. The standard InChI is InChI=1S/C15H19N5O3S/c21-14(16-2-1-12-10-24-11-17-12)9-20-15(22)7-13(8-18-20)19-3-5-23-6-4-19/h7-8,10-11H,1-6,9H2,(H,16,21). The molecule has 2 aromatic rings. The Hall–Kier alpha value is -2.26. The van der Waals surface area contributed by atoms with Crippen LogP contribution >= 0.6 is 11.3 Å². The van der Waals surface area contributed by atoms with E-state index in [1.54, 1.807) is 11.7 Å². The summed E-state index contributed by atoms with van der Waals surface area (Å²) < 4.78 is 6.46. The summed E-state index contributed by atoms with van der Waals surface area (Å²) in [4.78, 5) is 30.3. The molecule has 8 nitrogen and oxygen atoms in total. The Morgan fingerprint density at radius 1 is 1.38 bits per heavy atom. The molecule has 128 valence electrons. The molecule has 0 radical (unpaired) electrons. The molecule has 0 atom stereocenters. The van der Waals surface area contributed by atoms with Crippen LogP contribution in [0, 0.1) is 0 Å². The minimum Gasteiger partial charge on any atom is -0.378 e. The van der Waals surface area contributed by atoms with E-state index in [2.05, 4.69) is 20.3 Å². The number of aromatic nitrogens is 3. The number of morpholine rings is 1. The number of hydrogen-bond acceptors (Lipinski definition) is 7. The van der Waals surface area contributed by atoms with E-state index in [4.69, 9.17) is 4.74 Å². The largest absolute Gasteiger partial charge is 0.378 e. The van der Waals surface area contributed by atoms with E-state index in [-0.39, 0.29) is 18.0 Å². The highest BCUT2D eigenvalue weighted by Crippen LogP contribution is 2.11. The average molecular weight is 349 g/mol. The minimum atomic E-state index is -0.284. The Bertz CT molecular complexity index is 725. The first-order chi connectivity index (χ1) is 11.7. The highest BCUT2D eigenvalue weighted by molar-refractivity contribution is 7.07. The zero-order valence-electron chi connectivity index (χ0n) is 13.2. The van der Waals surface area contributed by atoms with E-state index in [1.165, 1.54) is 22.1 Å². The zero-order chi connectivity index (χ0) is 16.8. The van der Waals surface area contributed by atoms with Gasteiger partial charge in [-0.1, -0.05) is 0 Å². The van der Waals surface area contributed by atoms with Gasteiger partial charge < -0.3 is 15.0 Å². The van der Waals surface area contributed by atoms with Crippen molar-refractivity contribution in [1.82, 2.24) is 20.1 Å². The van der Waals surface area contributed by atoms with E-state index < -0.39 is 0 Å². The maximum absolute atomic E-state index is 12.1. The summed E-state index contributed by atoms with van der Waals surface area (Å²) in [7, 11) is 0. The van der Waals surface area contributed by atoms with Crippen LogP contribution in [0.2, 0.25) is 0 Å². The lowest BCUT2D eigenvalue weighted by Crippen LogP contribution is -2.38. The first-order valence-electron chi connectivity index (χ1n) is 7.76. The summed E-state index contributed by atoms with van der Waals surface area (Å²) >= 11 is 1.52. The van der Waals surface area contributed by atoms with Crippen LogP contribution in [0.1, 0.15) is 5.69 Å². The Morgan fingerprint density at radius 2 is 2.21 bits per heavy atom. The summed E-state index contributed by atoms with van der Waals surface area (Å²) in [6.07, 6.45) is 2.29. The number of thiazole rings is 1. The van der Waals surface area contributed by atoms with Crippen molar-refractivity contribution in [1.29, 1.82) is 0 Å². The molecule has 0 spiro atoms. The highest BCUT2D eigenvalue weighted by atomic mass is 32.1. The van der Waals surface area contributed by atoms with Gasteiger partial charge in [0.15, 0.2) is 0 Å². The van der Waals surface area contributed by atoms with Crippen molar-refractivity contribution < 1.29 is 9.53 Å². The van der Waals surface area contributed by atoms with Crippen LogP contribution in [-0.2, 0) is 22.5 Å². The van der Waals surface area contributed by atoms with Crippen molar-refractivity contribution >= 4 is 22.9 Å². The molecule has 1 N–H and O–H groups in total. The number of rotatable bonds is 6. The Balaban J connectivity index is 1.52. The fraction of sp³-hybridized carbons (Fsp3) is 0.467. The Labute approximate surface area is 143 Å². The zero-order valence-corrected chi connectivity index (χ0v) is 14.0. The van der Waals surface area contributed by atoms with Gasteiger partial charge in [0, 0.05) is 37.5 Å². The predicted octanol–water partition coefficient (Wildman–Crippen LogP) is -0.105. The Morgan fingerprint density at radius 3 is 2.92 bits per heavy atom. The Kier molecular flexibility index (Phi) is 5.55. The van der Waals surface area contributed by atoms with Crippen LogP contribution < -0.4 is 15.8 Å². The summed E-state index contributed by atoms with van der Waals surface area (Å²) in [6.45, 7) is 3.17. The molecule has 1 fully saturated rings. The van der Waals surface area contributed by atoms with Gasteiger partial charge in [-0.15, -0.1) is 11.3 Å². The second-order valence-corrected chi connectivity index (χ2v) is 6.11. The van der Waals surface area contributed by atoms with Crippen LogP contribution in [0.4, 0.5) is 5.69 Å². The van der Waals surface area contributed by atoms with Crippen molar-refractivity contribution in [3.05, 3.63) is 39.2 Å². The molecule has 0 bridgehead atoms. The fourth-order valence-corrected chi connectivity index (χ4v) is 3.01. The molecule has 0 saturated carbocycles. The van der Waals surface area contributed by atoms with Gasteiger partial charge in [0.05, 0.1) is 36.3 Å². The number of carbonyl (C=O) groups excluding carboxylic acids is 1. The van der Waals surface area contributed by atoms with Gasteiger partial charge in [-0.25, -0.2) is 9.67 Å². The van der Waals surface area contributed by atoms with Crippen molar-refractivity contribution in [3.8, 4) is 0 Å². The van der Waals surface area contributed by atoms with E-state index in [9.17, 15) is 9.59 Å². The molecule has 1 saturated heterocycles. The van der Waals surface area contributed by atoms with Gasteiger partial charge in [0.1, 0.15) is 6.54 Å². The molecule has 0 aliphatic carbocycles. The SMILES string of the molecule is O=C(Cn1ncc(N2CCOCC2)cc1=O)NCCc1cscn1. The topological polar surface area (TPSA) is 89.4 Å². The number of nitrogens with one attached hydrogen (secondary N) is 1. The maximum atomic E-state index is 12.1. The number of ether oxygens (including phenoxy) is 1. The van der Waals surface area contributed by atoms with Crippen molar-refractivity contribution in [2.24, 2.45) is 0 Å². The summed E-state index contributed by atoms with van der Waals surface area (Å²) in [5, 5.41) is 8.82. The number of anilines is 1. The molecule has 2 aromatic heterocycles. The highest BCUT2D eigenvalue weighted by Gasteiger charge is 2.13. The lowest BCUT2D eigenvalue weighted by Gasteiger charge is -2.28. The van der Waals surface area contributed by atoms with E-state index in [0.717, 1.165) is 24.5 Å². The predicted molar refractivity (Wildman–Crippen MR) is 90.4 cm³/mol. The second kappa shape index (κ2) is 8.02. The number of hydrogen-bond donors (Lipinski definition) is 1. The molecule has 0 unspecified atom stereocenters. The molecule has 9 heteroatoms. The molecule has 3 rings (SSSR count). The van der Waals surface area contributed by atoms with E-state index in [1.807, 2.05) is 5.38 Å². The molecular weight excluding hydrogens is 330 g/mol. The first-order valence-corrected chi connectivity index (χ1v) is 8.70. The third kappa shape index (κ3) is 4.39. The van der Waals surface area contributed by atoms with Crippen LogP contribution in [0.15, 0.2) is 27.9 Å². The second-order valence-electron chi connectivity index (χ2n) is 5.39. The van der Waals surface area contributed by atoms with Gasteiger partial charge >= 0.3 is 0 Å². The molecule has 3 heterocycles. The van der Waals surface area contributed by atoms with Crippen LogP contribution in [-0.4, -0.2) is 53.5 Å². The lowest BCUT2D eigenvalue weighted by atomic mass is 10.3. The molecule has 1 aliphatic rings. The average Bonchev–Trinajstić information content (AvgIpc) is 3.11. The van der Waals surface area contributed by atoms with Crippen molar-refractivity contribution in [2.45, 2.75) is 13.0 Å². The maximum Gasteiger partial charge on any atom is 0.269 e.